The molecular weight excluding hydrogens is 591 g/mol. The molecule has 3 aromatic carbocycles. The van der Waals surface area contributed by atoms with Gasteiger partial charge in [0.2, 0.25) is 0 Å². The summed E-state index contributed by atoms with van der Waals surface area (Å²) in [5, 5.41) is 18.4. The van der Waals surface area contributed by atoms with E-state index in [1.807, 2.05) is 0 Å². The fraction of sp³-hybridized carbons (Fsp3) is 0.273. The van der Waals surface area contributed by atoms with E-state index in [-0.39, 0.29) is 17.1 Å². The summed E-state index contributed by atoms with van der Waals surface area (Å²) in [7, 11) is 0. The summed E-state index contributed by atoms with van der Waals surface area (Å²) >= 11 is 0. The first-order chi connectivity index (χ1) is 21.7. The Morgan fingerprint density at radius 1 is 0.778 bits per heavy atom. The smallest absolute Gasteiger partial charge is 0.346 e. The topological polar surface area (TPSA) is 155 Å². The molecular formula is C33H31FO11. The van der Waals surface area contributed by atoms with Crippen molar-refractivity contribution >= 4 is 23.9 Å². The second kappa shape index (κ2) is 15.6. The number of benzene rings is 3. The van der Waals surface area contributed by atoms with Crippen LogP contribution in [0.2, 0.25) is 0 Å². The van der Waals surface area contributed by atoms with E-state index in [2.05, 4.69) is 6.58 Å². The first kappa shape index (κ1) is 32.8. The highest BCUT2D eigenvalue weighted by Crippen LogP contribution is 2.33. The molecule has 3 aromatic rings. The Kier molecular flexibility index (Phi) is 11.4. The van der Waals surface area contributed by atoms with Crippen molar-refractivity contribution in [2.45, 2.75) is 44.2 Å². The van der Waals surface area contributed by atoms with E-state index < -0.39 is 48.2 Å². The molecule has 1 saturated heterocycles. The van der Waals surface area contributed by atoms with E-state index in [1.165, 1.54) is 12.1 Å². The third kappa shape index (κ3) is 8.97. The summed E-state index contributed by atoms with van der Waals surface area (Å²) in [6, 6.07) is 17.1. The van der Waals surface area contributed by atoms with Crippen molar-refractivity contribution in [1.29, 1.82) is 0 Å². The van der Waals surface area contributed by atoms with Gasteiger partial charge >= 0.3 is 23.9 Å². The molecule has 1 aliphatic heterocycles. The van der Waals surface area contributed by atoms with Crippen molar-refractivity contribution in [3.63, 3.8) is 0 Å². The van der Waals surface area contributed by atoms with Crippen LogP contribution < -0.4 is 9.47 Å². The Morgan fingerprint density at radius 3 is 1.89 bits per heavy atom. The maximum atomic E-state index is 14.7. The number of hydrogen-bond acceptors (Lipinski definition) is 9. The number of ether oxygens (including phenoxy) is 5. The zero-order chi connectivity index (χ0) is 32.3. The van der Waals surface area contributed by atoms with E-state index in [1.54, 1.807) is 48.5 Å². The quantitative estimate of drug-likeness (QED) is 0.0978. The molecule has 12 heteroatoms. The number of rotatable bonds is 15. The summed E-state index contributed by atoms with van der Waals surface area (Å²) in [6.07, 6.45) is -0.145. The number of carboxylic acid groups (broad SMARTS) is 2. The Balaban J connectivity index is 1.25. The van der Waals surface area contributed by atoms with Crippen LogP contribution in [0.25, 0.3) is 11.1 Å². The van der Waals surface area contributed by atoms with E-state index >= 15 is 0 Å². The van der Waals surface area contributed by atoms with Gasteiger partial charge < -0.3 is 33.9 Å². The zero-order valence-electron chi connectivity index (χ0n) is 24.1. The van der Waals surface area contributed by atoms with Gasteiger partial charge in [-0.05, 0) is 61.1 Å². The lowest BCUT2D eigenvalue weighted by atomic mass is 10.0. The molecule has 0 aromatic heterocycles. The van der Waals surface area contributed by atoms with E-state index in [0.717, 1.165) is 49.0 Å². The van der Waals surface area contributed by atoms with Crippen molar-refractivity contribution in [3.05, 3.63) is 96.3 Å². The average molecular weight is 623 g/mol. The number of halogens is 1. The van der Waals surface area contributed by atoms with Gasteiger partial charge in [-0.1, -0.05) is 43.0 Å². The first-order valence-electron chi connectivity index (χ1n) is 14.1. The van der Waals surface area contributed by atoms with Crippen LogP contribution in [0.1, 0.15) is 47.9 Å². The second-order valence-electron chi connectivity index (χ2n) is 9.93. The number of hydrogen-bond donors (Lipinski definition) is 2. The maximum Gasteiger partial charge on any atom is 0.346 e. The van der Waals surface area contributed by atoms with E-state index in [0.29, 0.717) is 18.8 Å². The fourth-order valence-corrected chi connectivity index (χ4v) is 4.41. The Hall–Kier alpha value is -5.07. The van der Waals surface area contributed by atoms with Crippen molar-refractivity contribution in [2.75, 3.05) is 13.2 Å². The molecule has 2 unspecified atom stereocenters. The van der Waals surface area contributed by atoms with Gasteiger partial charge in [0.05, 0.1) is 18.8 Å². The van der Waals surface area contributed by atoms with Crippen LogP contribution in [0.4, 0.5) is 4.39 Å². The molecule has 1 aliphatic rings. The van der Waals surface area contributed by atoms with E-state index in [9.17, 15) is 33.8 Å². The second-order valence-corrected chi connectivity index (χ2v) is 9.93. The molecule has 2 atom stereocenters. The van der Waals surface area contributed by atoms with Crippen LogP contribution >= 0.6 is 0 Å². The molecule has 2 N–H and O–H groups in total. The van der Waals surface area contributed by atoms with Crippen LogP contribution in [-0.2, 0) is 28.6 Å². The molecule has 0 saturated carbocycles. The zero-order valence-corrected chi connectivity index (χ0v) is 24.1. The number of carboxylic acids is 2. The largest absolute Gasteiger partial charge is 0.493 e. The van der Waals surface area contributed by atoms with Crippen molar-refractivity contribution in [1.82, 2.24) is 0 Å². The third-order valence-corrected chi connectivity index (χ3v) is 6.76. The Morgan fingerprint density at radius 2 is 1.33 bits per heavy atom. The van der Waals surface area contributed by atoms with Gasteiger partial charge in [-0.25, -0.2) is 23.6 Å². The summed E-state index contributed by atoms with van der Waals surface area (Å²) < 4.78 is 41.0. The maximum absolute atomic E-state index is 14.7. The number of unbranched alkanes of at least 4 members (excludes halogenated alkanes) is 3. The third-order valence-electron chi connectivity index (χ3n) is 6.76. The van der Waals surface area contributed by atoms with Gasteiger partial charge in [0.15, 0.2) is 18.5 Å². The highest BCUT2D eigenvalue weighted by Gasteiger charge is 2.46. The van der Waals surface area contributed by atoms with Gasteiger partial charge in [0.25, 0.3) is 0 Å². The van der Waals surface area contributed by atoms with Crippen molar-refractivity contribution < 1.29 is 57.5 Å². The normalized spacial score (nSPS) is 17.3. The summed E-state index contributed by atoms with van der Waals surface area (Å²) in [4.78, 5) is 46.2. The standard InChI is InChI=1S/C33H31FO11/c1-2-27(35)42-18-6-4-3-5-17-41-24-15-16-25(26(34)19-24)32(40)43-23-13-11-21(12-14-23)20-7-9-22(10-8-20)33-44-28(30(36)37)29(45-33)31(38)39/h2,7-16,19,28-29,33H,1,3-6,17-18H2,(H,36,37)(H,38,39). The molecule has 0 amide bonds. The van der Waals surface area contributed by atoms with Crippen LogP contribution in [0.5, 0.6) is 11.5 Å². The SMILES string of the molecule is C=CC(=O)OCCCCCCOc1ccc(C(=O)Oc2ccc(-c3ccc(C4OC(C(=O)O)C(C(=O)O)O4)cc3)cc2)c(F)c1. The Labute approximate surface area is 257 Å². The number of carbonyl (C=O) groups is 4. The molecule has 0 spiro atoms. The summed E-state index contributed by atoms with van der Waals surface area (Å²) in [5.41, 5.74) is 1.71. The lowest BCUT2D eigenvalue weighted by Crippen LogP contribution is -2.36. The predicted octanol–water partition coefficient (Wildman–Crippen LogP) is 5.33. The van der Waals surface area contributed by atoms with Crippen LogP contribution in [0.3, 0.4) is 0 Å². The molecule has 1 heterocycles. The molecule has 1 fully saturated rings. The van der Waals surface area contributed by atoms with Gasteiger partial charge in [0, 0.05) is 17.7 Å². The number of esters is 2. The first-order valence-corrected chi connectivity index (χ1v) is 14.1. The van der Waals surface area contributed by atoms with Crippen LogP contribution in [0, 0.1) is 5.82 Å². The van der Waals surface area contributed by atoms with Gasteiger partial charge in [-0.15, -0.1) is 0 Å². The molecule has 0 bridgehead atoms. The summed E-state index contributed by atoms with van der Waals surface area (Å²) in [6.45, 7) is 4.03. The minimum absolute atomic E-state index is 0.200. The molecule has 0 aliphatic carbocycles. The van der Waals surface area contributed by atoms with Gasteiger partial charge in [-0.3, -0.25) is 0 Å². The molecule has 45 heavy (non-hydrogen) atoms. The van der Waals surface area contributed by atoms with Gasteiger partial charge in [-0.2, -0.15) is 0 Å². The molecule has 236 valence electrons. The highest BCUT2D eigenvalue weighted by atomic mass is 19.1. The fourth-order valence-electron chi connectivity index (χ4n) is 4.41. The van der Waals surface area contributed by atoms with E-state index in [4.69, 9.17) is 23.7 Å². The number of aliphatic carboxylic acids is 2. The molecule has 0 radical (unpaired) electrons. The molecule has 4 rings (SSSR count). The minimum Gasteiger partial charge on any atom is -0.493 e. The highest BCUT2D eigenvalue weighted by molar-refractivity contribution is 5.91. The Bertz CT molecular complexity index is 1500. The number of carbonyl (C=O) groups excluding carboxylic acids is 2. The van der Waals surface area contributed by atoms with Crippen LogP contribution in [0.15, 0.2) is 79.4 Å². The van der Waals surface area contributed by atoms with Crippen LogP contribution in [-0.4, -0.2) is 59.5 Å². The summed E-state index contributed by atoms with van der Waals surface area (Å²) in [5.74, 6) is -4.48. The van der Waals surface area contributed by atoms with Crippen molar-refractivity contribution in [3.8, 4) is 22.6 Å². The monoisotopic (exact) mass is 622 g/mol. The van der Waals surface area contributed by atoms with Crippen molar-refractivity contribution in [2.24, 2.45) is 0 Å². The van der Waals surface area contributed by atoms with Gasteiger partial charge in [0.1, 0.15) is 17.3 Å². The minimum atomic E-state index is -1.63. The molecule has 11 nitrogen and oxygen atoms in total. The average Bonchev–Trinajstić information content (AvgIpc) is 3.49. The predicted molar refractivity (Wildman–Crippen MR) is 156 cm³/mol. The lowest BCUT2D eigenvalue weighted by molar-refractivity contribution is -0.156. The lowest BCUT2D eigenvalue weighted by Gasteiger charge is -2.11.